The highest BCUT2D eigenvalue weighted by molar-refractivity contribution is 6.09. The Kier molecular flexibility index (Phi) is 3.51. The molecule has 0 bridgehead atoms. The molecule has 6 rings (SSSR count). The van der Waals surface area contributed by atoms with E-state index in [4.69, 9.17) is 10.2 Å². The standard InChI is InChI=1S/C24H22N4/c1-3-11-19-15(7-1)17-9-5-13-21(23(17)25-19)27-28-22-14-6-10-18-16-8-2-4-12-20(16)26-24(18)22/h1-4,7-8,11-12,25-26H,5-6,9-10,13-14H2/b27-21+,28-22?. The lowest BCUT2D eigenvalue weighted by atomic mass is 9.94. The summed E-state index contributed by atoms with van der Waals surface area (Å²) in [7, 11) is 0. The second kappa shape index (κ2) is 6.20. The first-order valence-corrected chi connectivity index (χ1v) is 10.2. The molecule has 138 valence electrons. The molecule has 2 aliphatic carbocycles. The first-order valence-electron chi connectivity index (χ1n) is 10.2. The van der Waals surface area contributed by atoms with E-state index in [-0.39, 0.29) is 0 Å². The number of hydrogen-bond acceptors (Lipinski definition) is 2. The Labute approximate surface area is 163 Å². The third kappa shape index (κ3) is 2.37. The van der Waals surface area contributed by atoms with E-state index in [0.717, 1.165) is 49.9 Å². The Morgan fingerprint density at radius 3 is 1.54 bits per heavy atom. The van der Waals surface area contributed by atoms with E-state index in [9.17, 15) is 0 Å². The Morgan fingerprint density at radius 2 is 1.04 bits per heavy atom. The van der Waals surface area contributed by atoms with Crippen LogP contribution in [0.4, 0.5) is 0 Å². The lowest BCUT2D eigenvalue weighted by Crippen LogP contribution is -2.13. The monoisotopic (exact) mass is 366 g/mol. The van der Waals surface area contributed by atoms with Gasteiger partial charge in [0, 0.05) is 21.8 Å². The summed E-state index contributed by atoms with van der Waals surface area (Å²) in [5, 5.41) is 12.2. The van der Waals surface area contributed by atoms with Crippen molar-refractivity contribution in [1.29, 1.82) is 0 Å². The van der Waals surface area contributed by atoms with Crippen molar-refractivity contribution in [2.45, 2.75) is 38.5 Å². The van der Waals surface area contributed by atoms with Gasteiger partial charge in [0.25, 0.3) is 0 Å². The van der Waals surface area contributed by atoms with Gasteiger partial charge in [-0.15, -0.1) is 0 Å². The van der Waals surface area contributed by atoms with Crippen LogP contribution in [0.15, 0.2) is 58.7 Å². The number of nitrogens with zero attached hydrogens (tertiary/aromatic N) is 2. The largest absolute Gasteiger partial charge is 0.353 e. The minimum atomic E-state index is 0.982. The summed E-state index contributed by atoms with van der Waals surface area (Å²) in [6, 6.07) is 17.1. The second-order valence-electron chi connectivity index (χ2n) is 7.85. The maximum Gasteiger partial charge on any atom is 0.0868 e. The Morgan fingerprint density at radius 1 is 0.571 bits per heavy atom. The van der Waals surface area contributed by atoms with Crippen molar-refractivity contribution < 1.29 is 0 Å². The number of aromatic nitrogens is 2. The van der Waals surface area contributed by atoms with Gasteiger partial charge < -0.3 is 9.97 Å². The molecule has 0 radical (unpaired) electrons. The number of aromatic amines is 2. The Balaban J connectivity index is 1.45. The maximum absolute atomic E-state index is 4.77. The van der Waals surface area contributed by atoms with E-state index >= 15 is 0 Å². The maximum atomic E-state index is 4.77. The third-order valence-corrected chi connectivity index (χ3v) is 6.18. The molecule has 2 N–H and O–H groups in total. The van der Waals surface area contributed by atoms with Crippen LogP contribution in [0, 0.1) is 0 Å². The van der Waals surface area contributed by atoms with Crippen LogP contribution in [-0.4, -0.2) is 21.4 Å². The number of fused-ring (bicyclic) bond motifs is 6. The number of rotatable bonds is 1. The minimum absolute atomic E-state index is 0.982. The first kappa shape index (κ1) is 15.9. The van der Waals surface area contributed by atoms with Crippen LogP contribution in [0.2, 0.25) is 0 Å². The summed E-state index contributed by atoms with van der Waals surface area (Å²) in [5.41, 5.74) is 9.75. The predicted molar refractivity (Wildman–Crippen MR) is 116 cm³/mol. The summed E-state index contributed by atoms with van der Waals surface area (Å²) in [5.74, 6) is 0. The summed E-state index contributed by atoms with van der Waals surface area (Å²) in [4.78, 5) is 7.17. The quantitative estimate of drug-likeness (QED) is 0.417. The van der Waals surface area contributed by atoms with E-state index in [2.05, 4.69) is 58.5 Å². The van der Waals surface area contributed by atoms with Crippen LogP contribution in [0.1, 0.15) is 48.2 Å². The zero-order chi connectivity index (χ0) is 18.5. The van der Waals surface area contributed by atoms with Gasteiger partial charge in [0.2, 0.25) is 0 Å². The minimum Gasteiger partial charge on any atom is -0.353 e. The molecule has 0 fully saturated rings. The summed E-state index contributed by atoms with van der Waals surface area (Å²) >= 11 is 0. The highest BCUT2D eigenvalue weighted by atomic mass is 15.2. The normalized spacial score (nSPS) is 19.4. The van der Waals surface area contributed by atoms with Gasteiger partial charge >= 0.3 is 0 Å². The molecule has 4 nitrogen and oxygen atoms in total. The van der Waals surface area contributed by atoms with Crippen molar-refractivity contribution in [1.82, 2.24) is 9.97 Å². The highest BCUT2D eigenvalue weighted by Gasteiger charge is 2.22. The van der Waals surface area contributed by atoms with E-state index in [0.29, 0.717) is 0 Å². The number of benzene rings is 2. The molecule has 0 amide bonds. The topological polar surface area (TPSA) is 56.3 Å². The molecule has 2 aliphatic rings. The van der Waals surface area contributed by atoms with Gasteiger partial charge in [-0.25, -0.2) is 0 Å². The van der Waals surface area contributed by atoms with Crippen LogP contribution in [-0.2, 0) is 12.8 Å². The van der Waals surface area contributed by atoms with Gasteiger partial charge in [0.05, 0.1) is 22.8 Å². The van der Waals surface area contributed by atoms with Crippen LogP contribution < -0.4 is 0 Å². The molecule has 0 saturated carbocycles. The van der Waals surface area contributed by atoms with Crippen LogP contribution in [0.5, 0.6) is 0 Å². The van der Waals surface area contributed by atoms with Crippen molar-refractivity contribution in [3.05, 3.63) is 71.0 Å². The summed E-state index contributed by atoms with van der Waals surface area (Å²) in [6.45, 7) is 0. The Hall–Kier alpha value is -3.14. The number of nitrogens with one attached hydrogen (secondary N) is 2. The van der Waals surface area contributed by atoms with Crippen molar-refractivity contribution in [3.8, 4) is 0 Å². The van der Waals surface area contributed by atoms with Crippen LogP contribution >= 0.6 is 0 Å². The molecular weight excluding hydrogens is 344 g/mol. The van der Waals surface area contributed by atoms with Gasteiger partial charge in [-0.1, -0.05) is 36.4 Å². The molecule has 0 unspecified atom stereocenters. The SMILES string of the molecule is c1ccc2c3c([nH]c2c1)C(=N/N=C1\CCCc2c1[nH]c1ccccc21)CCC3. The van der Waals surface area contributed by atoms with Crippen molar-refractivity contribution in [2.24, 2.45) is 10.2 Å². The molecule has 4 aromatic rings. The smallest absolute Gasteiger partial charge is 0.0868 e. The van der Waals surface area contributed by atoms with E-state index < -0.39 is 0 Å². The molecule has 0 spiro atoms. The number of aryl methyl sites for hydroxylation is 2. The van der Waals surface area contributed by atoms with Gasteiger partial charge in [-0.2, -0.15) is 10.2 Å². The van der Waals surface area contributed by atoms with Crippen molar-refractivity contribution in [2.75, 3.05) is 0 Å². The van der Waals surface area contributed by atoms with Gasteiger partial charge in [-0.3, -0.25) is 0 Å². The molecule has 0 saturated heterocycles. The summed E-state index contributed by atoms with van der Waals surface area (Å²) in [6.07, 6.45) is 6.46. The zero-order valence-corrected chi connectivity index (χ0v) is 15.8. The third-order valence-electron chi connectivity index (χ3n) is 6.18. The number of para-hydroxylation sites is 2. The highest BCUT2D eigenvalue weighted by Crippen LogP contribution is 2.31. The molecule has 28 heavy (non-hydrogen) atoms. The fourth-order valence-electron chi connectivity index (χ4n) is 4.85. The van der Waals surface area contributed by atoms with E-state index in [1.165, 1.54) is 44.3 Å². The van der Waals surface area contributed by atoms with Gasteiger partial charge in [-0.05, 0) is 61.8 Å². The molecule has 2 aromatic heterocycles. The summed E-state index contributed by atoms with van der Waals surface area (Å²) < 4.78 is 0. The average molecular weight is 366 g/mol. The van der Waals surface area contributed by atoms with E-state index in [1.54, 1.807) is 0 Å². The van der Waals surface area contributed by atoms with Gasteiger partial charge in [0.15, 0.2) is 0 Å². The lowest BCUT2D eigenvalue weighted by Gasteiger charge is -2.15. The fourth-order valence-corrected chi connectivity index (χ4v) is 4.85. The van der Waals surface area contributed by atoms with Crippen LogP contribution in [0.3, 0.4) is 0 Å². The molecule has 4 heteroatoms. The molecule has 0 atom stereocenters. The van der Waals surface area contributed by atoms with Crippen LogP contribution in [0.25, 0.3) is 21.8 Å². The predicted octanol–water partition coefficient (Wildman–Crippen LogP) is 5.52. The number of hydrogen-bond donors (Lipinski definition) is 2. The van der Waals surface area contributed by atoms with Gasteiger partial charge in [0.1, 0.15) is 0 Å². The molecule has 2 heterocycles. The lowest BCUT2D eigenvalue weighted by molar-refractivity contribution is 0.827. The Bertz CT molecular complexity index is 1170. The number of H-pyrrole nitrogens is 2. The zero-order valence-electron chi connectivity index (χ0n) is 15.8. The first-order chi connectivity index (χ1) is 13.9. The molecule has 2 aromatic carbocycles. The average Bonchev–Trinajstić information content (AvgIpc) is 3.31. The second-order valence-corrected chi connectivity index (χ2v) is 7.85. The van der Waals surface area contributed by atoms with E-state index in [1.807, 2.05) is 0 Å². The fraction of sp³-hybridized carbons (Fsp3) is 0.250. The van der Waals surface area contributed by atoms with Crippen molar-refractivity contribution >= 4 is 33.2 Å². The van der Waals surface area contributed by atoms with Crippen molar-refractivity contribution in [3.63, 3.8) is 0 Å². The molecule has 0 aliphatic heterocycles. The molecular formula is C24H22N4.